The molecule has 2 heterocycles. The lowest BCUT2D eigenvalue weighted by molar-refractivity contribution is -0.138. The van der Waals surface area contributed by atoms with Gasteiger partial charge in [0.25, 0.3) is 11.8 Å². The Kier molecular flexibility index (Phi) is 6.52. The van der Waals surface area contributed by atoms with Crippen molar-refractivity contribution in [1.82, 2.24) is 10.2 Å². The number of rotatable bonds is 2. The number of aliphatic imine (C=N–C) groups is 1. The summed E-state index contributed by atoms with van der Waals surface area (Å²) in [5.41, 5.74) is 1.57. The molecular formula is C24H20Cl2N4O3. The van der Waals surface area contributed by atoms with Crippen LogP contribution in [0.5, 0.6) is 0 Å². The van der Waals surface area contributed by atoms with Crippen LogP contribution in [0.4, 0.5) is 0 Å². The Bertz CT molecular complexity index is 1240. The zero-order chi connectivity index (χ0) is 23.7. The number of carbonyl (C=O) groups is 2. The Balaban J connectivity index is 1.71. The quantitative estimate of drug-likeness (QED) is 0.515. The Labute approximate surface area is 201 Å². The van der Waals surface area contributed by atoms with Gasteiger partial charge < -0.3 is 15.0 Å². The predicted molar refractivity (Wildman–Crippen MR) is 126 cm³/mol. The normalized spacial score (nSPS) is 21.1. The lowest BCUT2D eigenvalue weighted by Gasteiger charge is -2.35. The summed E-state index contributed by atoms with van der Waals surface area (Å²) in [4.78, 5) is 32.2. The summed E-state index contributed by atoms with van der Waals surface area (Å²) in [6, 6.07) is 13.7. The number of morpholine rings is 1. The van der Waals surface area contributed by atoms with Gasteiger partial charge in [-0.25, -0.2) is 4.99 Å². The Morgan fingerprint density at radius 2 is 1.79 bits per heavy atom. The van der Waals surface area contributed by atoms with E-state index in [9.17, 15) is 14.9 Å². The fourth-order valence-corrected chi connectivity index (χ4v) is 4.46. The highest BCUT2D eigenvalue weighted by molar-refractivity contribution is 6.37. The summed E-state index contributed by atoms with van der Waals surface area (Å²) in [6.07, 6.45) is -0.276. The molecule has 1 N–H and O–H groups in total. The number of carbonyl (C=O) groups excluding carboxylic acids is 2. The molecule has 0 aromatic heterocycles. The van der Waals surface area contributed by atoms with Crippen molar-refractivity contribution in [3.63, 3.8) is 0 Å². The number of hydrogen-bond donors (Lipinski definition) is 1. The van der Waals surface area contributed by atoms with Crippen LogP contribution in [0, 0.1) is 11.3 Å². The monoisotopic (exact) mass is 482 g/mol. The molecule has 2 aliphatic rings. The fraction of sp³-hybridized carbons (Fsp3) is 0.250. The Morgan fingerprint density at radius 1 is 1.12 bits per heavy atom. The van der Waals surface area contributed by atoms with Crippen molar-refractivity contribution < 1.29 is 14.3 Å². The first kappa shape index (κ1) is 23.0. The first-order valence-corrected chi connectivity index (χ1v) is 11.1. The molecule has 168 valence electrons. The fourth-order valence-electron chi connectivity index (χ4n) is 3.97. The van der Waals surface area contributed by atoms with Gasteiger partial charge in [0.1, 0.15) is 17.5 Å². The second-order valence-electron chi connectivity index (χ2n) is 7.89. The van der Waals surface area contributed by atoms with Crippen LogP contribution < -0.4 is 5.32 Å². The van der Waals surface area contributed by atoms with E-state index in [0.29, 0.717) is 29.2 Å². The number of nitrogens with one attached hydrogen (secondary N) is 1. The zero-order valence-electron chi connectivity index (χ0n) is 17.9. The number of halogens is 2. The van der Waals surface area contributed by atoms with Crippen molar-refractivity contribution in [3.05, 3.63) is 74.8 Å². The van der Waals surface area contributed by atoms with Gasteiger partial charge in [-0.2, -0.15) is 5.26 Å². The van der Waals surface area contributed by atoms with Crippen molar-refractivity contribution in [3.8, 4) is 6.07 Å². The van der Waals surface area contributed by atoms with Gasteiger partial charge in [0.15, 0.2) is 0 Å². The van der Waals surface area contributed by atoms with Gasteiger partial charge in [-0.3, -0.25) is 9.59 Å². The number of benzene rings is 2. The van der Waals surface area contributed by atoms with Crippen LogP contribution >= 0.6 is 23.2 Å². The van der Waals surface area contributed by atoms with E-state index in [2.05, 4.69) is 10.3 Å². The highest BCUT2D eigenvalue weighted by atomic mass is 35.5. The summed E-state index contributed by atoms with van der Waals surface area (Å²) in [5, 5.41) is 13.2. The van der Waals surface area contributed by atoms with Crippen molar-refractivity contribution in [2.24, 2.45) is 4.99 Å². The lowest BCUT2D eigenvalue weighted by atomic mass is 10.0. The van der Waals surface area contributed by atoms with Gasteiger partial charge in [-0.15, -0.1) is 0 Å². The topological polar surface area (TPSA) is 94.8 Å². The second kappa shape index (κ2) is 9.36. The molecule has 1 fully saturated rings. The molecule has 9 heteroatoms. The SMILES string of the molecule is C[C@@H]1CN(C(=O)/C(C#N)=C2\N=C(NC(=O)c3ccc(Cl)cc3Cl)c3ccccc32)C[C@@H](C)O1. The molecule has 33 heavy (non-hydrogen) atoms. The average molecular weight is 483 g/mol. The molecule has 4 rings (SSSR count). The third-order valence-corrected chi connectivity index (χ3v) is 5.89. The molecule has 2 atom stereocenters. The van der Waals surface area contributed by atoms with Gasteiger partial charge in [0.2, 0.25) is 0 Å². The van der Waals surface area contributed by atoms with Gasteiger partial charge in [0, 0.05) is 29.2 Å². The van der Waals surface area contributed by atoms with Crippen LogP contribution in [0.15, 0.2) is 53.0 Å². The van der Waals surface area contributed by atoms with Crippen molar-refractivity contribution in [2.45, 2.75) is 26.1 Å². The third-order valence-electron chi connectivity index (χ3n) is 5.34. The van der Waals surface area contributed by atoms with Crippen molar-refractivity contribution in [2.75, 3.05) is 13.1 Å². The van der Waals surface area contributed by atoms with E-state index in [-0.39, 0.29) is 39.9 Å². The van der Waals surface area contributed by atoms with Crippen LogP contribution in [-0.4, -0.2) is 47.8 Å². The minimum Gasteiger partial charge on any atom is -0.372 e. The van der Waals surface area contributed by atoms with Crippen LogP contribution in [-0.2, 0) is 9.53 Å². The second-order valence-corrected chi connectivity index (χ2v) is 8.73. The minimum absolute atomic E-state index is 0.0856. The summed E-state index contributed by atoms with van der Waals surface area (Å²) in [5.74, 6) is -0.658. The highest BCUT2D eigenvalue weighted by Gasteiger charge is 2.32. The van der Waals surface area contributed by atoms with E-state index in [1.807, 2.05) is 19.9 Å². The summed E-state index contributed by atoms with van der Waals surface area (Å²) in [6.45, 7) is 4.53. The number of nitriles is 1. The number of nitrogens with zero attached hydrogens (tertiary/aromatic N) is 3. The Morgan fingerprint density at radius 3 is 2.42 bits per heavy atom. The number of ether oxygens (including phenoxy) is 1. The molecule has 0 radical (unpaired) electrons. The molecule has 1 saturated heterocycles. The van der Waals surface area contributed by atoms with Crippen LogP contribution in [0.25, 0.3) is 5.70 Å². The number of fused-ring (bicyclic) bond motifs is 1. The molecular weight excluding hydrogens is 463 g/mol. The maximum absolute atomic E-state index is 13.2. The predicted octanol–water partition coefficient (Wildman–Crippen LogP) is 4.05. The van der Waals surface area contributed by atoms with E-state index < -0.39 is 11.8 Å². The average Bonchev–Trinajstić information content (AvgIpc) is 3.11. The molecule has 7 nitrogen and oxygen atoms in total. The molecule has 0 aliphatic carbocycles. The van der Waals surface area contributed by atoms with Crippen LogP contribution in [0.2, 0.25) is 10.0 Å². The first-order chi connectivity index (χ1) is 15.8. The Hall–Kier alpha value is -3.18. The zero-order valence-corrected chi connectivity index (χ0v) is 19.4. The molecule has 2 aromatic rings. The summed E-state index contributed by atoms with van der Waals surface area (Å²) < 4.78 is 5.69. The maximum Gasteiger partial charge on any atom is 0.266 e. The van der Waals surface area contributed by atoms with Crippen LogP contribution in [0.3, 0.4) is 0 Å². The molecule has 2 aliphatic heterocycles. The standard InChI is InChI=1S/C24H20Cl2N4O3/c1-13-11-30(12-14(2)33-13)24(32)19(10-27)21-16-5-3-4-6-17(16)22(28-21)29-23(31)18-8-7-15(25)9-20(18)26/h3-9,13-14H,11-12H2,1-2H3,(H,28,29,31)/b21-19-/t13-,14-/m1/s1. The van der Waals surface area contributed by atoms with E-state index in [1.165, 1.54) is 12.1 Å². The summed E-state index contributed by atoms with van der Waals surface area (Å²) in [7, 11) is 0. The van der Waals surface area contributed by atoms with E-state index >= 15 is 0 Å². The van der Waals surface area contributed by atoms with Crippen molar-refractivity contribution >= 4 is 46.5 Å². The molecule has 0 unspecified atom stereocenters. The molecule has 0 spiro atoms. The van der Waals surface area contributed by atoms with Crippen molar-refractivity contribution in [1.29, 1.82) is 5.26 Å². The third kappa shape index (κ3) is 4.64. The van der Waals surface area contributed by atoms with Gasteiger partial charge in [0.05, 0.1) is 28.5 Å². The molecule has 0 bridgehead atoms. The van der Waals surface area contributed by atoms with E-state index in [1.54, 1.807) is 35.2 Å². The number of amidine groups is 1. The lowest BCUT2D eigenvalue weighted by Crippen LogP contribution is -2.48. The van der Waals surface area contributed by atoms with E-state index in [0.717, 1.165) is 0 Å². The van der Waals surface area contributed by atoms with Gasteiger partial charge >= 0.3 is 0 Å². The number of amides is 2. The van der Waals surface area contributed by atoms with Crippen LogP contribution in [0.1, 0.15) is 35.3 Å². The van der Waals surface area contributed by atoms with Gasteiger partial charge in [-0.1, -0.05) is 47.5 Å². The first-order valence-electron chi connectivity index (χ1n) is 10.3. The maximum atomic E-state index is 13.2. The molecule has 2 amide bonds. The smallest absolute Gasteiger partial charge is 0.266 e. The van der Waals surface area contributed by atoms with Gasteiger partial charge in [-0.05, 0) is 32.0 Å². The number of hydrogen-bond acceptors (Lipinski definition) is 5. The molecule has 2 aromatic carbocycles. The highest BCUT2D eigenvalue weighted by Crippen LogP contribution is 2.32. The largest absolute Gasteiger partial charge is 0.372 e. The molecule has 0 saturated carbocycles. The van der Waals surface area contributed by atoms with E-state index in [4.69, 9.17) is 27.9 Å². The minimum atomic E-state index is -0.480. The summed E-state index contributed by atoms with van der Waals surface area (Å²) >= 11 is 12.1.